The number of carbonyl (C=O) groups is 2. The molecule has 1 aliphatic heterocycles. The quantitative estimate of drug-likeness (QED) is 0.834. The molecule has 30 heavy (non-hydrogen) atoms. The molecule has 2 aliphatic rings. The molecule has 2 aromatic rings. The van der Waals surface area contributed by atoms with Gasteiger partial charge in [-0.05, 0) is 64.7 Å². The zero-order valence-electron chi connectivity index (χ0n) is 18.3. The molecule has 1 aromatic carbocycles. The highest BCUT2D eigenvalue weighted by Gasteiger charge is 2.61. The van der Waals surface area contributed by atoms with Crippen molar-refractivity contribution < 1.29 is 18.7 Å². The fourth-order valence-corrected chi connectivity index (χ4v) is 4.53. The number of nitrogens with zero attached hydrogens (tertiary/aromatic N) is 3. The van der Waals surface area contributed by atoms with E-state index in [0.29, 0.717) is 24.3 Å². The van der Waals surface area contributed by atoms with Crippen LogP contribution < -0.4 is 5.32 Å². The number of rotatable bonds is 3. The average Bonchev–Trinajstić information content (AvgIpc) is 2.94. The summed E-state index contributed by atoms with van der Waals surface area (Å²) in [5, 5.41) is 8.48. The van der Waals surface area contributed by atoms with Crippen molar-refractivity contribution >= 4 is 22.9 Å². The standard InChI is InChI=1S/C22H29FN4O3/c1-21(2,3)30-20(29)27-10-14-15(11-27)17(14)19(28)24-22(4,5)18-13-8-7-12(23)9-16(13)26(6)25-18/h7-9,14-15,17H,10-11H2,1-6H3,(H,24,28)/t14-,15?,17?/m1/s1. The summed E-state index contributed by atoms with van der Waals surface area (Å²) in [5.74, 6) is -0.111. The number of halogens is 1. The van der Waals surface area contributed by atoms with Crippen LogP contribution in [-0.4, -0.2) is 45.4 Å². The van der Waals surface area contributed by atoms with Crippen LogP contribution in [-0.2, 0) is 22.1 Å². The van der Waals surface area contributed by atoms with Gasteiger partial charge in [0, 0.05) is 31.4 Å². The minimum Gasteiger partial charge on any atom is -0.444 e. The van der Waals surface area contributed by atoms with Gasteiger partial charge in [-0.3, -0.25) is 9.48 Å². The normalized spacial score (nSPS) is 23.4. The molecular formula is C22H29FN4O3. The summed E-state index contributed by atoms with van der Waals surface area (Å²) in [5.41, 5.74) is 0.146. The van der Waals surface area contributed by atoms with Crippen LogP contribution in [0.4, 0.5) is 9.18 Å². The number of piperidine rings is 1. The van der Waals surface area contributed by atoms with Crippen molar-refractivity contribution in [3.63, 3.8) is 0 Å². The lowest BCUT2D eigenvalue weighted by Gasteiger charge is -2.27. The minimum atomic E-state index is -0.712. The Morgan fingerprint density at radius 2 is 1.80 bits per heavy atom. The summed E-state index contributed by atoms with van der Waals surface area (Å²) < 4.78 is 20.7. The number of benzene rings is 1. The Hall–Kier alpha value is -2.64. The predicted octanol–water partition coefficient (Wildman–Crippen LogP) is 3.18. The van der Waals surface area contributed by atoms with E-state index in [0.717, 1.165) is 5.39 Å². The number of likely N-dealkylation sites (tertiary alicyclic amines) is 1. The van der Waals surface area contributed by atoms with E-state index in [1.807, 2.05) is 34.6 Å². The van der Waals surface area contributed by atoms with E-state index in [1.165, 1.54) is 12.1 Å². The smallest absolute Gasteiger partial charge is 0.410 e. The van der Waals surface area contributed by atoms with Crippen LogP contribution >= 0.6 is 0 Å². The largest absolute Gasteiger partial charge is 0.444 e. The first-order valence-corrected chi connectivity index (χ1v) is 10.3. The summed E-state index contributed by atoms with van der Waals surface area (Å²) in [6.07, 6.45) is -0.318. The van der Waals surface area contributed by atoms with Gasteiger partial charge in [0.15, 0.2) is 0 Å². The molecule has 1 aromatic heterocycles. The number of fused-ring (bicyclic) bond motifs is 2. The van der Waals surface area contributed by atoms with Crippen LogP contribution in [0, 0.1) is 23.6 Å². The second-order valence-corrected chi connectivity index (χ2v) is 9.99. The van der Waals surface area contributed by atoms with Gasteiger partial charge < -0.3 is 15.0 Å². The third-order valence-corrected chi connectivity index (χ3v) is 5.99. The SMILES string of the molecule is Cn1nc(C(C)(C)NC(=O)C2C3CN(C(=O)OC(C)(C)C)C[C@H]32)c2ccc(F)cc21. The lowest BCUT2D eigenvalue weighted by Crippen LogP contribution is -2.44. The second kappa shape index (κ2) is 6.68. The van der Waals surface area contributed by atoms with Crippen molar-refractivity contribution in [2.24, 2.45) is 24.8 Å². The van der Waals surface area contributed by atoms with Crippen molar-refractivity contribution in [3.05, 3.63) is 29.7 Å². The highest BCUT2D eigenvalue weighted by molar-refractivity contribution is 5.86. The Balaban J connectivity index is 1.42. The van der Waals surface area contributed by atoms with E-state index in [9.17, 15) is 14.0 Å². The Morgan fingerprint density at radius 1 is 1.17 bits per heavy atom. The Morgan fingerprint density at radius 3 is 2.40 bits per heavy atom. The predicted molar refractivity (Wildman–Crippen MR) is 110 cm³/mol. The van der Waals surface area contributed by atoms with Gasteiger partial charge in [0.1, 0.15) is 11.4 Å². The molecule has 0 spiro atoms. The van der Waals surface area contributed by atoms with Crippen LogP contribution in [0.1, 0.15) is 40.3 Å². The molecule has 1 saturated carbocycles. The molecular weight excluding hydrogens is 387 g/mol. The molecule has 3 atom stereocenters. The molecule has 162 valence electrons. The zero-order chi connectivity index (χ0) is 22.0. The molecule has 0 bridgehead atoms. The van der Waals surface area contributed by atoms with Gasteiger partial charge in [-0.15, -0.1) is 0 Å². The first-order valence-electron chi connectivity index (χ1n) is 10.3. The van der Waals surface area contributed by atoms with E-state index in [1.54, 1.807) is 22.7 Å². The number of hydrogen-bond donors (Lipinski definition) is 1. The zero-order valence-corrected chi connectivity index (χ0v) is 18.3. The molecule has 2 fully saturated rings. The molecule has 2 heterocycles. The molecule has 1 saturated heterocycles. The number of aryl methyl sites for hydroxylation is 1. The van der Waals surface area contributed by atoms with E-state index in [2.05, 4.69) is 10.4 Å². The highest BCUT2D eigenvalue weighted by atomic mass is 19.1. The summed E-state index contributed by atoms with van der Waals surface area (Å²) in [7, 11) is 1.76. The minimum absolute atomic E-state index is 0.0280. The number of ether oxygens (including phenoxy) is 1. The lowest BCUT2D eigenvalue weighted by molar-refractivity contribution is -0.125. The first-order chi connectivity index (χ1) is 13.9. The third kappa shape index (κ3) is 3.63. The van der Waals surface area contributed by atoms with Crippen LogP contribution in [0.15, 0.2) is 18.2 Å². The second-order valence-electron chi connectivity index (χ2n) is 9.99. The molecule has 0 radical (unpaired) electrons. The fraction of sp³-hybridized carbons (Fsp3) is 0.591. The van der Waals surface area contributed by atoms with Crippen molar-refractivity contribution in [2.45, 2.75) is 45.8 Å². The molecule has 2 amide bonds. The third-order valence-electron chi connectivity index (χ3n) is 5.99. The fourth-order valence-electron chi connectivity index (χ4n) is 4.53. The van der Waals surface area contributed by atoms with Gasteiger partial charge in [0.05, 0.1) is 16.7 Å². The maximum Gasteiger partial charge on any atom is 0.410 e. The van der Waals surface area contributed by atoms with Gasteiger partial charge in [0.25, 0.3) is 0 Å². The number of nitrogens with one attached hydrogen (secondary N) is 1. The molecule has 7 nitrogen and oxygen atoms in total. The van der Waals surface area contributed by atoms with E-state index >= 15 is 0 Å². The number of amides is 2. The number of hydrogen-bond acceptors (Lipinski definition) is 4. The maximum absolute atomic E-state index is 13.6. The Kier molecular flexibility index (Phi) is 4.60. The van der Waals surface area contributed by atoms with Crippen LogP contribution in [0.25, 0.3) is 10.9 Å². The molecule has 2 unspecified atom stereocenters. The Labute approximate surface area is 175 Å². The Bertz CT molecular complexity index is 1010. The highest BCUT2D eigenvalue weighted by Crippen LogP contribution is 2.52. The van der Waals surface area contributed by atoms with Gasteiger partial charge in [-0.2, -0.15) is 5.10 Å². The van der Waals surface area contributed by atoms with Crippen LogP contribution in [0.3, 0.4) is 0 Å². The maximum atomic E-state index is 13.6. The summed E-state index contributed by atoms with van der Waals surface area (Å²) in [4.78, 5) is 26.9. The van der Waals surface area contributed by atoms with Gasteiger partial charge in [-0.1, -0.05) is 0 Å². The van der Waals surface area contributed by atoms with Crippen molar-refractivity contribution in [1.29, 1.82) is 0 Å². The topological polar surface area (TPSA) is 76.5 Å². The average molecular weight is 416 g/mol. The molecule has 1 N–H and O–H groups in total. The molecule has 8 heteroatoms. The van der Waals surface area contributed by atoms with Gasteiger partial charge >= 0.3 is 6.09 Å². The summed E-state index contributed by atoms with van der Waals surface area (Å²) in [6.45, 7) is 10.4. The van der Waals surface area contributed by atoms with Crippen molar-refractivity contribution in [3.8, 4) is 0 Å². The number of aromatic nitrogens is 2. The summed E-state index contributed by atoms with van der Waals surface area (Å²) in [6, 6.07) is 4.55. The van der Waals surface area contributed by atoms with Gasteiger partial charge in [0.2, 0.25) is 5.91 Å². The first kappa shape index (κ1) is 20.6. The monoisotopic (exact) mass is 416 g/mol. The van der Waals surface area contributed by atoms with E-state index < -0.39 is 11.1 Å². The van der Waals surface area contributed by atoms with E-state index in [-0.39, 0.29) is 35.6 Å². The van der Waals surface area contributed by atoms with Crippen LogP contribution in [0.5, 0.6) is 0 Å². The van der Waals surface area contributed by atoms with Crippen molar-refractivity contribution in [1.82, 2.24) is 20.0 Å². The summed E-state index contributed by atoms with van der Waals surface area (Å²) >= 11 is 0. The van der Waals surface area contributed by atoms with Crippen LogP contribution in [0.2, 0.25) is 0 Å². The molecule has 4 rings (SSSR count). The molecule has 1 aliphatic carbocycles. The van der Waals surface area contributed by atoms with Gasteiger partial charge in [-0.25, -0.2) is 9.18 Å². The van der Waals surface area contributed by atoms with Crippen molar-refractivity contribution in [2.75, 3.05) is 13.1 Å². The lowest BCUT2D eigenvalue weighted by atomic mass is 9.96. The van der Waals surface area contributed by atoms with E-state index in [4.69, 9.17) is 4.74 Å². The number of carbonyl (C=O) groups excluding carboxylic acids is 2.